The van der Waals surface area contributed by atoms with E-state index in [1.807, 2.05) is 0 Å². The number of amides is 3. The molecule has 0 unspecified atom stereocenters. The first-order valence-corrected chi connectivity index (χ1v) is 7.92. The fourth-order valence-corrected chi connectivity index (χ4v) is 2.95. The summed E-state index contributed by atoms with van der Waals surface area (Å²) in [7, 11) is 1.46. The molecule has 0 aliphatic carbocycles. The van der Waals surface area contributed by atoms with Crippen molar-refractivity contribution in [3.8, 4) is 0 Å². The Kier molecular flexibility index (Phi) is 7.18. The zero-order valence-electron chi connectivity index (χ0n) is 13.5. The first kappa shape index (κ1) is 19.4. The van der Waals surface area contributed by atoms with Crippen molar-refractivity contribution in [2.75, 3.05) is 25.5 Å². The lowest BCUT2D eigenvalue weighted by Crippen LogP contribution is -2.30. The smallest absolute Gasteiger partial charge is 0.341 e. The van der Waals surface area contributed by atoms with Crippen LogP contribution in [0.5, 0.6) is 0 Å². The van der Waals surface area contributed by atoms with Crippen LogP contribution in [-0.4, -0.2) is 49.2 Å². The summed E-state index contributed by atoms with van der Waals surface area (Å²) in [4.78, 5) is 46.5. The molecule has 0 atom stereocenters. The second kappa shape index (κ2) is 8.87. The van der Waals surface area contributed by atoms with Gasteiger partial charge >= 0.3 is 18.0 Å². The fourth-order valence-electron chi connectivity index (χ4n) is 1.81. The summed E-state index contributed by atoms with van der Waals surface area (Å²) >= 11 is 0.940. The standard InChI is InChI=1S/C14H19N3O6S/c1-4-23-13(21)9-7(2)10(11(20)15-3)24-12(9)17-14(22)16-6-5-8(18)19/h4-6H2,1-3H3,(H,15,20)(H,18,19)(H2,16,17,22). The molecule has 0 aliphatic heterocycles. The second-order valence-electron chi connectivity index (χ2n) is 4.58. The summed E-state index contributed by atoms with van der Waals surface area (Å²) in [6.07, 6.45) is -0.231. The Morgan fingerprint density at radius 2 is 1.92 bits per heavy atom. The maximum atomic E-state index is 12.1. The average molecular weight is 357 g/mol. The molecule has 1 rings (SSSR count). The summed E-state index contributed by atoms with van der Waals surface area (Å²) in [6, 6.07) is -0.675. The molecule has 0 fully saturated rings. The Balaban J connectivity index is 3.02. The quantitative estimate of drug-likeness (QED) is 0.542. The Morgan fingerprint density at radius 3 is 2.46 bits per heavy atom. The predicted octanol–water partition coefficient (Wildman–Crippen LogP) is 1.19. The number of carbonyl (C=O) groups is 4. The van der Waals surface area contributed by atoms with Gasteiger partial charge in [0.2, 0.25) is 0 Å². The monoisotopic (exact) mass is 357 g/mol. The molecule has 0 saturated carbocycles. The highest BCUT2D eigenvalue weighted by Gasteiger charge is 2.26. The van der Waals surface area contributed by atoms with E-state index in [0.29, 0.717) is 5.56 Å². The Labute approximate surface area is 142 Å². The Bertz CT molecular complexity index is 655. The molecule has 10 heteroatoms. The molecule has 0 spiro atoms. The lowest BCUT2D eigenvalue weighted by molar-refractivity contribution is -0.136. The van der Waals surface area contributed by atoms with Crippen LogP contribution < -0.4 is 16.0 Å². The molecule has 0 aromatic carbocycles. The lowest BCUT2D eigenvalue weighted by Gasteiger charge is -2.07. The van der Waals surface area contributed by atoms with Crippen molar-refractivity contribution in [1.29, 1.82) is 0 Å². The van der Waals surface area contributed by atoms with Crippen LogP contribution in [0.2, 0.25) is 0 Å². The van der Waals surface area contributed by atoms with Gasteiger partial charge in [-0.2, -0.15) is 0 Å². The number of esters is 1. The number of anilines is 1. The zero-order valence-corrected chi connectivity index (χ0v) is 14.3. The van der Waals surface area contributed by atoms with E-state index in [9.17, 15) is 19.2 Å². The van der Waals surface area contributed by atoms with Crippen LogP contribution in [0.15, 0.2) is 0 Å². The number of thiophene rings is 1. The molecule has 0 bridgehead atoms. The molecule has 3 amide bonds. The molecule has 24 heavy (non-hydrogen) atoms. The lowest BCUT2D eigenvalue weighted by atomic mass is 10.1. The van der Waals surface area contributed by atoms with Crippen molar-refractivity contribution in [2.45, 2.75) is 20.3 Å². The molecule has 1 aromatic rings. The number of hydrogen-bond donors (Lipinski definition) is 4. The summed E-state index contributed by atoms with van der Waals surface area (Å²) < 4.78 is 4.96. The minimum Gasteiger partial charge on any atom is -0.481 e. The van der Waals surface area contributed by atoms with Crippen LogP contribution in [-0.2, 0) is 9.53 Å². The van der Waals surface area contributed by atoms with E-state index < -0.39 is 18.0 Å². The predicted molar refractivity (Wildman–Crippen MR) is 87.7 cm³/mol. The van der Waals surface area contributed by atoms with E-state index in [2.05, 4.69) is 16.0 Å². The molecule has 1 heterocycles. The number of rotatable bonds is 7. The number of nitrogens with one attached hydrogen (secondary N) is 3. The van der Waals surface area contributed by atoms with Gasteiger partial charge in [-0.15, -0.1) is 11.3 Å². The van der Waals surface area contributed by atoms with E-state index in [1.165, 1.54) is 7.05 Å². The summed E-state index contributed by atoms with van der Waals surface area (Å²) in [5.74, 6) is -2.08. The fraction of sp³-hybridized carbons (Fsp3) is 0.429. The third-order valence-electron chi connectivity index (χ3n) is 2.91. The molecule has 1 aromatic heterocycles. The van der Waals surface area contributed by atoms with Gasteiger partial charge in [0.15, 0.2) is 0 Å². The topological polar surface area (TPSA) is 134 Å². The normalized spacial score (nSPS) is 9.96. The van der Waals surface area contributed by atoms with Crippen molar-refractivity contribution in [1.82, 2.24) is 10.6 Å². The van der Waals surface area contributed by atoms with Crippen molar-refractivity contribution in [3.63, 3.8) is 0 Å². The molecule has 0 aliphatic rings. The summed E-state index contributed by atoms with van der Waals surface area (Å²) in [5, 5.41) is 16.0. The van der Waals surface area contributed by atoms with Gasteiger partial charge in [-0.1, -0.05) is 0 Å². The van der Waals surface area contributed by atoms with E-state index >= 15 is 0 Å². The maximum Gasteiger partial charge on any atom is 0.341 e. The highest BCUT2D eigenvalue weighted by molar-refractivity contribution is 7.18. The number of hydrogen-bond acceptors (Lipinski definition) is 6. The third-order valence-corrected chi connectivity index (χ3v) is 4.12. The second-order valence-corrected chi connectivity index (χ2v) is 5.61. The summed E-state index contributed by atoms with van der Waals surface area (Å²) in [5.41, 5.74) is 0.507. The zero-order chi connectivity index (χ0) is 18.3. The van der Waals surface area contributed by atoms with Gasteiger partial charge in [-0.05, 0) is 19.4 Å². The number of ether oxygens (including phenoxy) is 1. The van der Waals surface area contributed by atoms with Gasteiger partial charge in [0.05, 0.1) is 23.5 Å². The Hall–Kier alpha value is -2.62. The first-order chi connectivity index (χ1) is 11.3. The van der Waals surface area contributed by atoms with Crippen LogP contribution in [0.4, 0.5) is 9.80 Å². The van der Waals surface area contributed by atoms with Gasteiger partial charge in [-0.25, -0.2) is 9.59 Å². The number of carbonyl (C=O) groups excluding carboxylic acids is 3. The Morgan fingerprint density at radius 1 is 1.25 bits per heavy atom. The molecule has 0 saturated heterocycles. The average Bonchev–Trinajstić information content (AvgIpc) is 2.82. The van der Waals surface area contributed by atoms with Crippen LogP contribution >= 0.6 is 11.3 Å². The van der Waals surface area contributed by atoms with Gasteiger partial charge < -0.3 is 20.5 Å². The van der Waals surface area contributed by atoms with Crippen LogP contribution in [0.1, 0.15) is 38.9 Å². The van der Waals surface area contributed by atoms with Gasteiger partial charge in [0.25, 0.3) is 5.91 Å². The van der Waals surface area contributed by atoms with Gasteiger partial charge in [0, 0.05) is 13.6 Å². The summed E-state index contributed by atoms with van der Waals surface area (Å²) in [6.45, 7) is 3.31. The highest BCUT2D eigenvalue weighted by atomic mass is 32.1. The van der Waals surface area contributed by atoms with Crippen LogP contribution in [0.25, 0.3) is 0 Å². The van der Waals surface area contributed by atoms with E-state index in [-0.39, 0.29) is 40.9 Å². The van der Waals surface area contributed by atoms with E-state index in [1.54, 1.807) is 13.8 Å². The molecular formula is C14H19N3O6S. The van der Waals surface area contributed by atoms with E-state index in [4.69, 9.17) is 9.84 Å². The maximum absolute atomic E-state index is 12.1. The van der Waals surface area contributed by atoms with Crippen molar-refractivity contribution >= 4 is 40.2 Å². The molecule has 9 nitrogen and oxygen atoms in total. The SMILES string of the molecule is CCOC(=O)c1c(NC(=O)NCCC(=O)O)sc(C(=O)NC)c1C. The van der Waals surface area contributed by atoms with Crippen molar-refractivity contribution in [3.05, 3.63) is 16.0 Å². The number of carboxylic acids is 1. The van der Waals surface area contributed by atoms with Crippen molar-refractivity contribution < 1.29 is 29.0 Å². The van der Waals surface area contributed by atoms with Gasteiger partial charge in [-0.3, -0.25) is 14.9 Å². The molecule has 132 valence electrons. The number of carboxylic acid groups (broad SMARTS) is 1. The highest BCUT2D eigenvalue weighted by Crippen LogP contribution is 2.33. The minimum absolute atomic E-state index is 0.0669. The number of aliphatic carboxylic acids is 1. The number of urea groups is 1. The molecule has 4 N–H and O–H groups in total. The van der Waals surface area contributed by atoms with Crippen LogP contribution in [0.3, 0.4) is 0 Å². The van der Waals surface area contributed by atoms with E-state index in [0.717, 1.165) is 11.3 Å². The largest absolute Gasteiger partial charge is 0.481 e. The molecule has 0 radical (unpaired) electrons. The minimum atomic E-state index is -1.05. The van der Waals surface area contributed by atoms with Gasteiger partial charge in [0.1, 0.15) is 5.00 Å². The first-order valence-electron chi connectivity index (χ1n) is 7.11. The van der Waals surface area contributed by atoms with Crippen LogP contribution in [0, 0.1) is 6.92 Å². The van der Waals surface area contributed by atoms with Crippen molar-refractivity contribution in [2.24, 2.45) is 0 Å². The molecular weight excluding hydrogens is 338 g/mol. The third kappa shape index (κ3) is 4.95.